The fourth-order valence-corrected chi connectivity index (χ4v) is 2.84. The van der Waals surface area contributed by atoms with Gasteiger partial charge in [-0.05, 0) is 49.6 Å². The summed E-state index contributed by atoms with van der Waals surface area (Å²) < 4.78 is 0. The molecule has 0 bridgehead atoms. The van der Waals surface area contributed by atoms with Crippen LogP contribution in [0.2, 0.25) is 0 Å². The Morgan fingerprint density at radius 2 is 1.74 bits per heavy atom. The average molecular weight is 261 g/mol. The molecule has 0 aromatic heterocycles. The summed E-state index contributed by atoms with van der Waals surface area (Å²) in [6.45, 7) is 9.31. The molecular formula is C18H31N. The molecular weight excluding hydrogens is 230 g/mol. The van der Waals surface area contributed by atoms with Gasteiger partial charge in [0.15, 0.2) is 0 Å². The first kappa shape index (κ1) is 16.2. The first-order chi connectivity index (χ1) is 9.20. The van der Waals surface area contributed by atoms with Crippen LogP contribution in [-0.2, 0) is 6.42 Å². The standard InChI is InChI=1S/C18H31N/c1-4-13-18(3,16-19-15-5-2)14-9-12-17-10-7-6-8-11-17/h6-8,10-11,19H,4-5,9,12-16H2,1-3H3. The maximum atomic E-state index is 3.61. The van der Waals surface area contributed by atoms with Crippen LogP contribution in [-0.4, -0.2) is 13.1 Å². The van der Waals surface area contributed by atoms with Crippen molar-refractivity contribution in [1.29, 1.82) is 0 Å². The molecule has 0 fully saturated rings. The van der Waals surface area contributed by atoms with Crippen molar-refractivity contribution in [1.82, 2.24) is 5.32 Å². The van der Waals surface area contributed by atoms with E-state index in [1.54, 1.807) is 0 Å². The summed E-state index contributed by atoms with van der Waals surface area (Å²) in [5.74, 6) is 0. The Bertz CT molecular complexity index is 320. The van der Waals surface area contributed by atoms with E-state index in [9.17, 15) is 0 Å². The Morgan fingerprint density at radius 3 is 2.37 bits per heavy atom. The quantitative estimate of drug-likeness (QED) is 0.596. The Labute approximate surface area is 119 Å². The maximum absolute atomic E-state index is 3.61. The molecule has 1 rings (SSSR count). The maximum Gasteiger partial charge on any atom is 0.000516 e. The number of hydrogen-bond donors (Lipinski definition) is 1. The van der Waals surface area contributed by atoms with E-state index in [4.69, 9.17) is 0 Å². The van der Waals surface area contributed by atoms with E-state index in [1.807, 2.05) is 0 Å². The number of hydrogen-bond acceptors (Lipinski definition) is 1. The predicted molar refractivity (Wildman–Crippen MR) is 85.6 cm³/mol. The topological polar surface area (TPSA) is 12.0 Å². The molecule has 0 aliphatic rings. The molecule has 1 unspecified atom stereocenters. The summed E-state index contributed by atoms with van der Waals surface area (Å²) in [6, 6.07) is 10.9. The third-order valence-electron chi connectivity index (χ3n) is 3.92. The van der Waals surface area contributed by atoms with Crippen LogP contribution in [0.15, 0.2) is 30.3 Å². The van der Waals surface area contributed by atoms with Crippen LogP contribution in [0.3, 0.4) is 0 Å². The highest BCUT2D eigenvalue weighted by atomic mass is 14.9. The smallest absolute Gasteiger partial charge is 0.000516 e. The highest BCUT2D eigenvalue weighted by Crippen LogP contribution is 2.29. The van der Waals surface area contributed by atoms with Gasteiger partial charge in [0.05, 0.1) is 0 Å². The molecule has 1 N–H and O–H groups in total. The van der Waals surface area contributed by atoms with Crippen LogP contribution in [0, 0.1) is 5.41 Å². The van der Waals surface area contributed by atoms with Gasteiger partial charge >= 0.3 is 0 Å². The minimum absolute atomic E-state index is 0.471. The van der Waals surface area contributed by atoms with Crippen LogP contribution in [0.1, 0.15) is 58.4 Å². The molecule has 0 saturated heterocycles. The van der Waals surface area contributed by atoms with Gasteiger partial charge in [-0.3, -0.25) is 0 Å². The average Bonchev–Trinajstić information content (AvgIpc) is 2.40. The van der Waals surface area contributed by atoms with Crippen molar-refractivity contribution in [2.45, 2.75) is 59.3 Å². The second-order valence-electron chi connectivity index (χ2n) is 6.08. The van der Waals surface area contributed by atoms with Gasteiger partial charge in [0.25, 0.3) is 0 Å². The largest absolute Gasteiger partial charge is 0.316 e. The van der Waals surface area contributed by atoms with Crippen LogP contribution in [0.5, 0.6) is 0 Å². The minimum Gasteiger partial charge on any atom is -0.316 e. The van der Waals surface area contributed by atoms with Gasteiger partial charge in [0, 0.05) is 6.54 Å². The number of rotatable bonds is 10. The molecule has 1 aromatic carbocycles. The first-order valence-electron chi connectivity index (χ1n) is 7.95. The van der Waals surface area contributed by atoms with Gasteiger partial charge in [0.2, 0.25) is 0 Å². The molecule has 1 atom stereocenters. The molecule has 0 aliphatic carbocycles. The molecule has 19 heavy (non-hydrogen) atoms. The Kier molecular flexibility index (Phi) is 7.81. The molecule has 108 valence electrons. The fourth-order valence-electron chi connectivity index (χ4n) is 2.84. The molecule has 0 aliphatic heterocycles. The summed E-state index contributed by atoms with van der Waals surface area (Å²) in [4.78, 5) is 0. The van der Waals surface area contributed by atoms with Crippen LogP contribution >= 0.6 is 0 Å². The molecule has 0 amide bonds. The lowest BCUT2D eigenvalue weighted by atomic mass is 9.80. The summed E-state index contributed by atoms with van der Waals surface area (Å²) in [7, 11) is 0. The van der Waals surface area contributed by atoms with Gasteiger partial charge in [-0.15, -0.1) is 0 Å². The zero-order valence-corrected chi connectivity index (χ0v) is 13.0. The number of aryl methyl sites for hydroxylation is 1. The lowest BCUT2D eigenvalue weighted by Gasteiger charge is -2.30. The second-order valence-corrected chi connectivity index (χ2v) is 6.08. The van der Waals surface area contributed by atoms with Crippen molar-refractivity contribution in [3.05, 3.63) is 35.9 Å². The molecule has 1 heteroatoms. The first-order valence-corrected chi connectivity index (χ1v) is 7.95. The fraction of sp³-hybridized carbons (Fsp3) is 0.667. The van der Waals surface area contributed by atoms with E-state index in [0.717, 1.165) is 6.54 Å². The van der Waals surface area contributed by atoms with E-state index in [-0.39, 0.29) is 0 Å². The molecule has 0 spiro atoms. The van der Waals surface area contributed by atoms with E-state index in [2.05, 4.69) is 56.4 Å². The van der Waals surface area contributed by atoms with Gasteiger partial charge in [0.1, 0.15) is 0 Å². The Morgan fingerprint density at radius 1 is 1.00 bits per heavy atom. The minimum atomic E-state index is 0.471. The Hall–Kier alpha value is -0.820. The Balaban J connectivity index is 2.35. The van der Waals surface area contributed by atoms with Crippen LogP contribution < -0.4 is 5.32 Å². The van der Waals surface area contributed by atoms with Crippen molar-refractivity contribution in [3.63, 3.8) is 0 Å². The van der Waals surface area contributed by atoms with Gasteiger partial charge in [-0.25, -0.2) is 0 Å². The van der Waals surface area contributed by atoms with Gasteiger partial charge in [-0.2, -0.15) is 0 Å². The summed E-state index contributed by atoms with van der Waals surface area (Å²) in [5.41, 5.74) is 1.95. The molecule has 1 nitrogen and oxygen atoms in total. The molecule has 0 saturated carbocycles. The third-order valence-corrected chi connectivity index (χ3v) is 3.92. The van der Waals surface area contributed by atoms with E-state index in [1.165, 1.54) is 50.6 Å². The lowest BCUT2D eigenvalue weighted by Crippen LogP contribution is -2.32. The summed E-state index contributed by atoms with van der Waals surface area (Å²) in [6.07, 6.45) is 7.69. The van der Waals surface area contributed by atoms with Gasteiger partial charge < -0.3 is 5.32 Å². The zero-order valence-electron chi connectivity index (χ0n) is 13.0. The van der Waals surface area contributed by atoms with E-state index >= 15 is 0 Å². The molecule has 0 radical (unpaired) electrons. The lowest BCUT2D eigenvalue weighted by molar-refractivity contribution is 0.250. The van der Waals surface area contributed by atoms with Crippen molar-refractivity contribution < 1.29 is 0 Å². The number of nitrogens with one attached hydrogen (secondary N) is 1. The van der Waals surface area contributed by atoms with Crippen molar-refractivity contribution in [2.75, 3.05) is 13.1 Å². The predicted octanol–water partition coefficient (Wildman–Crippen LogP) is 4.82. The highest BCUT2D eigenvalue weighted by molar-refractivity contribution is 5.14. The summed E-state index contributed by atoms with van der Waals surface area (Å²) >= 11 is 0. The van der Waals surface area contributed by atoms with E-state index in [0.29, 0.717) is 5.41 Å². The van der Waals surface area contributed by atoms with E-state index < -0.39 is 0 Å². The van der Waals surface area contributed by atoms with Crippen molar-refractivity contribution in [3.8, 4) is 0 Å². The monoisotopic (exact) mass is 261 g/mol. The van der Waals surface area contributed by atoms with Gasteiger partial charge in [-0.1, -0.05) is 57.5 Å². The van der Waals surface area contributed by atoms with Crippen LogP contribution in [0.4, 0.5) is 0 Å². The second kappa shape index (κ2) is 9.14. The highest BCUT2D eigenvalue weighted by Gasteiger charge is 2.22. The van der Waals surface area contributed by atoms with Crippen LogP contribution in [0.25, 0.3) is 0 Å². The third kappa shape index (κ3) is 6.77. The molecule has 0 heterocycles. The SMILES string of the molecule is CCCNCC(C)(CCC)CCCc1ccccc1. The number of benzene rings is 1. The van der Waals surface area contributed by atoms with Crippen molar-refractivity contribution >= 4 is 0 Å². The zero-order chi connectivity index (χ0) is 14.0. The molecule has 1 aromatic rings. The van der Waals surface area contributed by atoms with Crippen molar-refractivity contribution in [2.24, 2.45) is 5.41 Å². The summed E-state index contributed by atoms with van der Waals surface area (Å²) in [5, 5.41) is 3.61. The normalized spacial score (nSPS) is 14.3.